The third-order valence-electron chi connectivity index (χ3n) is 9.05. The van der Waals surface area contributed by atoms with E-state index in [-0.39, 0.29) is 16.9 Å². The van der Waals surface area contributed by atoms with Gasteiger partial charge >= 0.3 is 0 Å². The van der Waals surface area contributed by atoms with E-state index < -0.39 is 0 Å². The number of nitrogen functional groups attached to an aromatic ring is 1. The number of hydrogen-bond donors (Lipinski definition) is 2. The quantitative estimate of drug-likeness (QED) is 0.402. The van der Waals surface area contributed by atoms with Crippen molar-refractivity contribution in [3.8, 4) is 12.3 Å². The van der Waals surface area contributed by atoms with Gasteiger partial charge in [0, 0.05) is 17.5 Å². The molecule has 33 heavy (non-hydrogen) atoms. The van der Waals surface area contributed by atoms with Gasteiger partial charge in [-0.05, 0) is 118 Å². The Balaban J connectivity index is 0.000000385. The normalized spacial score (nSPS) is 37.5. The number of carbonyl (C=O) groups is 1. The number of aliphatic hydroxyl groups is 1. The molecule has 0 saturated heterocycles. The zero-order valence-corrected chi connectivity index (χ0v) is 20.8. The molecule has 3 heteroatoms. The van der Waals surface area contributed by atoms with E-state index in [0.717, 1.165) is 37.8 Å². The van der Waals surface area contributed by atoms with Gasteiger partial charge in [-0.3, -0.25) is 4.79 Å². The van der Waals surface area contributed by atoms with Crippen molar-refractivity contribution in [2.75, 3.05) is 5.73 Å². The minimum Gasteiger partial charge on any atom is -0.399 e. The van der Waals surface area contributed by atoms with Gasteiger partial charge in [0.1, 0.15) is 0 Å². The van der Waals surface area contributed by atoms with Gasteiger partial charge in [0.05, 0.1) is 6.10 Å². The van der Waals surface area contributed by atoms with Gasteiger partial charge in [-0.2, -0.15) is 0 Å². The van der Waals surface area contributed by atoms with Crippen molar-refractivity contribution in [2.24, 2.45) is 34.5 Å². The molecule has 3 saturated carbocycles. The van der Waals surface area contributed by atoms with E-state index in [4.69, 9.17) is 12.2 Å². The van der Waals surface area contributed by atoms with Crippen LogP contribution >= 0.6 is 0 Å². The standard InChI is InChI=1S/C24H31NO2.C6H10/c1-24-13-20(14-2-5-16(25)6-3-14)23-18-9-7-17(26)12-15(18)4-8-19(23)21(24)10-11-22(24)27;1-5-6(2,3)4/h2-3,5-6,12,18-23,27H,4,7-11,13,25H2,1H3;1H,2-4H3. The summed E-state index contributed by atoms with van der Waals surface area (Å²) in [5.41, 5.74) is 9.65. The Kier molecular flexibility index (Phi) is 6.53. The van der Waals surface area contributed by atoms with Crippen LogP contribution in [0.25, 0.3) is 0 Å². The topological polar surface area (TPSA) is 63.3 Å². The van der Waals surface area contributed by atoms with Gasteiger partial charge in [0.15, 0.2) is 5.78 Å². The minimum atomic E-state index is -0.176. The summed E-state index contributed by atoms with van der Waals surface area (Å²) in [6, 6.07) is 8.45. The van der Waals surface area contributed by atoms with E-state index in [0.29, 0.717) is 41.8 Å². The lowest BCUT2D eigenvalue weighted by Crippen LogP contribution is -2.50. The molecule has 4 aliphatic carbocycles. The smallest absolute Gasteiger partial charge is 0.155 e. The first-order chi connectivity index (χ1) is 15.5. The lowest BCUT2D eigenvalue weighted by molar-refractivity contribution is -0.116. The molecular formula is C30H41NO2. The highest BCUT2D eigenvalue weighted by Crippen LogP contribution is 2.65. The number of carbonyl (C=O) groups excluding carboxylic acids is 1. The third-order valence-corrected chi connectivity index (χ3v) is 9.05. The maximum Gasteiger partial charge on any atom is 0.155 e. The van der Waals surface area contributed by atoms with Crippen molar-refractivity contribution in [1.82, 2.24) is 0 Å². The Labute approximate surface area is 200 Å². The molecule has 7 atom stereocenters. The summed E-state index contributed by atoms with van der Waals surface area (Å²) in [4.78, 5) is 12.0. The van der Waals surface area contributed by atoms with Crippen LogP contribution in [0.4, 0.5) is 5.69 Å². The third kappa shape index (κ3) is 4.65. The zero-order chi connectivity index (χ0) is 24.0. The fraction of sp³-hybridized carbons (Fsp3) is 0.633. The Morgan fingerprint density at radius 2 is 1.73 bits per heavy atom. The summed E-state index contributed by atoms with van der Waals surface area (Å²) in [6.07, 6.45) is 14.0. The van der Waals surface area contributed by atoms with Gasteiger partial charge < -0.3 is 10.8 Å². The monoisotopic (exact) mass is 447 g/mol. The predicted octanol–water partition coefficient (Wildman–Crippen LogP) is 6.13. The van der Waals surface area contributed by atoms with Crippen LogP contribution < -0.4 is 5.73 Å². The van der Waals surface area contributed by atoms with E-state index in [2.05, 4.69) is 25.0 Å². The Morgan fingerprint density at radius 1 is 1.06 bits per heavy atom. The maximum atomic E-state index is 12.0. The van der Waals surface area contributed by atoms with Gasteiger partial charge in [-0.25, -0.2) is 0 Å². The lowest BCUT2D eigenvalue weighted by Gasteiger charge is -2.57. The highest BCUT2D eigenvalue weighted by molar-refractivity contribution is 5.91. The molecule has 3 nitrogen and oxygen atoms in total. The van der Waals surface area contributed by atoms with Crippen molar-refractivity contribution in [1.29, 1.82) is 0 Å². The number of anilines is 1. The largest absolute Gasteiger partial charge is 0.399 e. The maximum absolute atomic E-state index is 12.0. The number of allylic oxidation sites excluding steroid dienone is 1. The number of benzene rings is 1. The molecular weight excluding hydrogens is 406 g/mol. The second kappa shape index (κ2) is 8.95. The van der Waals surface area contributed by atoms with Crippen LogP contribution in [0, 0.1) is 46.8 Å². The second-order valence-corrected chi connectivity index (χ2v) is 12.2. The first kappa shape index (κ1) is 24.1. The Hall–Kier alpha value is -2.05. The highest BCUT2D eigenvalue weighted by atomic mass is 16.3. The number of nitrogens with two attached hydrogens (primary N) is 1. The summed E-state index contributed by atoms with van der Waals surface area (Å²) in [5.74, 6) is 5.82. The number of terminal acetylenes is 1. The molecule has 0 bridgehead atoms. The summed E-state index contributed by atoms with van der Waals surface area (Å²) < 4.78 is 0. The average Bonchev–Trinajstić information content (AvgIpc) is 3.07. The van der Waals surface area contributed by atoms with Gasteiger partial charge in [0.25, 0.3) is 0 Å². The number of aliphatic hydroxyl groups excluding tert-OH is 1. The van der Waals surface area contributed by atoms with E-state index in [1.807, 2.05) is 39.0 Å². The molecule has 0 radical (unpaired) electrons. The molecule has 178 valence electrons. The van der Waals surface area contributed by atoms with Crippen molar-refractivity contribution in [3.05, 3.63) is 41.5 Å². The van der Waals surface area contributed by atoms with Crippen LogP contribution in [0.3, 0.4) is 0 Å². The SMILES string of the molecule is C#CC(C)(C)C.CC12CC(c3ccc(N)cc3)C3C4CCC(=O)C=C4CCC3C1CCC2O. The summed E-state index contributed by atoms with van der Waals surface area (Å²) in [5, 5.41) is 10.9. The molecule has 0 spiro atoms. The lowest BCUT2D eigenvalue weighted by atomic mass is 9.48. The number of fused-ring (bicyclic) bond motifs is 5. The Morgan fingerprint density at radius 3 is 2.36 bits per heavy atom. The van der Waals surface area contributed by atoms with Crippen LogP contribution in [0.15, 0.2) is 35.9 Å². The van der Waals surface area contributed by atoms with Crippen LogP contribution in [0.1, 0.15) is 84.1 Å². The summed E-state index contributed by atoms with van der Waals surface area (Å²) in [6.45, 7) is 8.36. The molecule has 0 amide bonds. The number of rotatable bonds is 1. The van der Waals surface area contributed by atoms with Gasteiger partial charge in [-0.15, -0.1) is 12.3 Å². The minimum absolute atomic E-state index is 0.0267. The number of hydrogen-bond acceptors (Lipinski definition) is 3. The molecule has 5 rings (SSSR count). The van der Waals surface area contributed by atoms with Crippen LogP contribution in [-0.4, -0.2) is 17.0 Å². The fourth-order valence-corrected chi connectivity index (χ4v) is 7.37. The molecule has 1 aromatic carbocycles. The first-order valence-electron chi connectivity index (χ1n) is 12.8. The second-order valence-electron chi connectivity index (χ2n) is 12.2. The Bertz CT molecular complexity index is 947. The zero-order valence-electron chi connectivity index (χ0n) is 20.8. The van der Waals surface area contributed by atoms with Crippen molar-refractivity contribution in [2.45, 2.75) is 84.7 Å². The summed E-state index contributed by atoms with van der Waals surface area (Å²) >= 11 is 0. The van der Waals surface area contributed by atoms with Crippen LogP contribution in [0.5, 0.6) is 0 Å². The van der Waals surface area contributed by atoms with E-state index in [1.165, 1.54) is 17.6 Å². The van der Waals surface area contributed by atoms with Crippen LogP contribution in [-0.2, 0) is 4.79 Å². The molecule has 3 fully saturated rings. The molecule has 0 aliphatic heterocycles. The van der Waals surface area contributed by atoms with Gasteiger partial charge in [0.2, 0.25) is 0 Å². The highest BCUT2D eigenvalue weighted by Gasteiger charge is 2.59. The van der Waals surface area contributed by atoms with Crippen LogP contribution in [0.2, 0.25) is 0 Å². The van der Waals surface area contributed by atoms with Gasteiger partial charge in [-0.1, -0.05) is 24.6 Å². The van der Waals surface area contributed by atoms with Crippen molar-refractivity contribution in [3.63, 3.8) is 0 Å². The molecule has 0 heterocycles. The molecule has 4 aliphatic rings. The van der Waals surface area contributed by atoms with E-state index in [1.54, 1.807) is 0 Å². The fourth-order valence-electron chi connectivity index (χ4n) is 7.37. The molecule has 1 aromatic rings. The van der Waals surface area contributed by atoms with E-state index in [9.17, 15) is 9.90 Å². The molecule has 3 N–H and O–H groups in total. The molecule has 7 unspecified atom stereocenters. The predicted molar refractivity (Wildman–Crippen MR) is 135 cm³/mol. The molecule has 0 aromatic heterocycles. The first-order valence-corrected chi connectivity index (χ1v) is 12.8. The van der Waals surface area contributed by atoms with Crippen molar-refractivity contribution >= 4 is 11.5 Å². The average molecular weight is 448 g/mol. The van der Waals surface area contributed by atoms with Crippen molar-refractivity contribution < 1.29 is 9.90 Å². The van der Waals surface area contributed by atoms with E-state index >= 15 is 0 Å². The summed E-state index contributed by atoms with van der Waals surface area (Å²) in [7, 11) is 0. The number of ketones is 1.